The van der Waals surface area contributed by atoms with Gasteiger partial charge in [0.05, 0.1) is 39.0 Å². The van der Waals surface area contributed by atoms with Gasteiger partial charge in [-0.15, -0.1) is 0 Å². The molecule has 0 unspecified atom stereocenters. The average molecular weight is 559 g/mol. The highest BCUT2D eigenvalue weighted by Gasteiger charge is 2.46. The van der Waals surface area contributed by atoms with Crippen LogP contribution in [0.2, 0.25) is 0 Å². The minimum Gasteiger partial charge on any atom is -0.507 e. The molecule has 40 heavy (non-hydrogen) atoms. The Balaban J connectivity index is 2.17. The van der Waals surface area contributed by atoms with E-state index in [1.165, 1.54) is 38.4 Å². The number of ketones is 1. The van der Waals surface area contributed by atoms with Crippen molar-refractivity contribution in [3.05, 3.63) is 52.8 Å². The molecule has 1 fully saturated rings. The Morgan fingerprint density at radius 3 is 2.12 bits per heavy atom. The van der Waals surface area contributed by atoms with E-state index in [9.17, 15) is 19.1 Å². The number of benzene rings is 2. The Morgan fingerprint density at radius 1 is 1.00 bits per heavy atom. The molecule has 10 heteroatoms. The maximum absolute atomic E-state index is 14.8. The molecule has 2 aromatic carbocycles. The number of carbonyl (C=O) groups is 2. The SMILES string of the molecule is CCN(CC)CCCN1C(=O)C(=O)/C(=C(/O)c2ccc(OC(C)C)c(F)c2)[C@@H]1c1cc(OC)c(OC)c(OC)c1. The van der Waals surface area contributed by atoms with Crippen molar-refractivity contribution in [2.24, 2.45) is 0 Å². The first-order valence-electron chi connectivity index (χ1n) is 13.4. The second-order valence-electron chi connectivity index (χ2n) is 9.64. The van der Waals surface area contributed by atoms with E-state index in [1.807, 2.05) is 0 Å². The molecule has 0 aliphatic carbocycles. The van der Waals surface area contributed by atoms with Crippen LogP contribution in [0.25, 0.3) is 5.76 Å². The van der Waals surface area contributed by atoms with Crippen molar-refractivity contribution in [3.8, 4) is 23.0 Å². The summed E-state index contributed by atoms with van der Waals surface area (Å²) in [7, 11) is 4.40. The molecule has 2 aromatic rings. The van der Waals surface area contributed by atoms with E-state index in [2.05, 4.69) is 18.7 Å². The van der Waals surface area contributed by atoms with Gasteiger partial charge in [0.15, 0.2) is 23.1 Å². The third-order valence-electron chi connectivity index (χ3n) is 6.88. The predicted octanol–water partition coefficient (Wildman–Crippen LogP) is 4.79. The van der Waals surface area contributed by atoms with Gasteiger partial charge < -0.3 is 33.9 Å². The lowest BCUT2D eigenvalue weighted by Gasteiger charge is -2.27. The van der Waals surface area contributed by atoms with Gasteiger partial charge in [0, 0.05) is 12.1 Å². The molecular formula is C30H39FN2O7. The fourth-order valence-electron chi connectivity index (χ4n) is 4.87. The molecule has 9 nitrogen and oxygen atoms in total. The van der Waals surface area contributed by atoms with Crippen LogP contribution in [0.5, 0.6) is 23.0 Å². The molecule has 0 bridgehead atoms. The second-order valence-corrected chi connectivity index (χ2v) is 9.64. The number of likely N-dealkylation sites (tertiary alicyclic amines) is 1. The highest BCUT2D eigenvalue weighted by Crippen LogP contribution is 2.46. The van der Waals surface area contributed by atoms with E-state index >= 15 is 0 Å². The Bertz CT molecular complexity index is 1230. The van der Waals surface area contributed by atoms with E-state index in [-0.39, 0.29) is 29.5 Å². The summed E-state index contributed by atoms with van der Waals surface area (Å²) in [6.07, 6.45) is 0.349. The highest BCUT2D eigenvalue weighted by atomic mass is 19.1. The zero-order chi connectivity index (χ0) is 29.6. The standard InChI is InChI=1S/C30H39FN2O7/c1-8-32(9-2)13-10-14-33-26(20-16-23(37-5)29(39-7)24(17-20)38-6)25(28(35)30(33)36)27(34)19-11-12-22(21(31)15-19)40-18(3)4/h11-12,15-18,26,34H,8-10,13-14H2,1-7H3/b27-25+/t26-/m0/s1. The fraction of sp³-hybridized carbons (Fsp3) is 0.467. The summed E-state index contributed by atoms with van der Waals surface area (Å²) >= 11 is 0. The van der Waals surface area contributed by atoms with Gasteiger partial charge in [0.1, 0.15) is 5.76 Å². The van der Waals surface area contributed by atoms with Crippen molar-refractivity contribution < 1.29 is 38.0 Å². The second kappa shape index (κ2) is 13.5. The maximum Gasteiger partial charge on any atom is 0.295 e. The van der Waals surface area contributed by atoms with Crippen LogP contribution in [-0.2, 0) is 9.59 Å². The van der Waals surface area contributed by atoms with Gasteiger partial charge in [-0.05, 0) is 75.8 Å². The Kier molecular flexibility index (Phi) is 10.4. The van der Waals surface area contributed by atoms with E-state index in [1.54, 1.807) is 26.0 Å². The molecular weight excluding hydrogens is 519 g/mol. The smallest absolute Gasteiger partial charge is 0.295 e. The summed E-state index contributed by atoms with van der Waals surface area (Å²) in [6.45, 7) is 10.3. The molecule has 218 valence electrons. The monoisotopic (exact) mass is 558 g/mol. The number of rotatable bonds is 13. The van der Waals surface area contributed by atoms with Gasteiger partial charge in [-0.3, -0.25) is 9.59 Å². The molecule has 1 heterocycles. The number of aliphatic hydroxyl groups excluding tert-OH is 1. The zero-order valence-corrected chi connectivity index (χ0v) is 24.2. The molecule has 0 aromatic heterocycles. The molecule has 1 N–H and O–H groups in total. The van der Waals surface area contributed by atoms with Gasteiger partial charge >= 0.3 is 0 Å². The first-order valence-corrected chi connectivity index (χ1v) is 13.4. The summed E-state index contributed by atoms with van der Waals surface area (Å²) in [5.41, 5.74) is 0.365. The number of aliphatic hydroxyl groups is 1. The quantitative estimate of drug-likeness (QED) is 0.213. The summed E-state index contributed by atoms with van der Waals surface area (Å²) in [5, 5.41) is 11.4. The molecule has 1 aliphatic rings. The van der Waals surface area contributed by atoms with Gasteiger partial charge in [-0.25, -0.2) is 4.39 Å². The Hall–Kier alpha value is -3.79. The Morgan fingerprint density at radius 2 is 1.62 bits per heavy atom. The lowest BCUT2D eigenvalue weighted by atomic mass is 9.94. The van der Waals surface area contributed by atoms with Gasteiger partial charge in [-0.1, -0.05) is 13.8 Å². The first-order chi connectivity index (χ1) is 19.1. The van der Waals surface area contributed by atoms with E-state index in [0.29, 0.717) is 29.2 Å². The van der Waals surface area contributed by atoms with Gasteiger partial charge in [0.2, 0.25) is 5.75 Å². The van der Waals surface area contributed by atoms with Crippen LogP contribution in [0.4, 0.5) is 4.39 Å². The van der Waals surface area contributed by atoms with Crippen molar-refractivity contribution in [2.75, 3.05) is 47.5 Å². The highest BCUT2D eigenvalue weighted by molar-refractivity contribution is 6.46. The van der Waals surface area contributed by atoms with E-state index < -0.39 is 29.3 Å². The number of nitrogens with zero attached hydrogens (tertiary/aromatic N) is 2. The van der Waals surface area contributed by atoms with Gasteiger partial charge in [0.25, 0.3) is 11.7 Å². The molecule has 3 rings (SSSR count). The number of amides is 1. The lowest BCUT2D eigenvalue weighted by molar-refractivity contribution is -0.140. The summed E-state index contributed by atoms with van der Waals surface area (Å²) in [6, 6.07) is 6.24. The normalized spacial score (nSPS) is 16.6. The molecule has 1 saturated heterocycles. The minimum absolute atomic E-state index is 0.0181. The zero-order valence-electron chi connectivity index (χ0n) is 24.2. The van der Waals surface area contributed by atoms with Crippen LogP contribution < -0.4 is 18.9 Å². The maximum atomic E-state index is 14.8. The topological polar surface area (TPSA) is 97.8 Å². The van der Waals surface area contributed by atoms with E-state index in [4.69, 9.17) is 18.9 Å². The molecule has 1 aliphatic heterocycles. The van der Waals surface area contributed by atoms with E-state index in [0.717, 1.165) is 25.7 Å². The molecule has 0 saturated carbocycles. The molecule has 1 atom stereocenters. The van der Waals surface area contributed by atoms with Crippen LogP contribution >= 0.6 is 0 Å². The van der Waals surface area contributed by atoms with Crippen molar-refractivity contribution in [1.29, 1.82) is 0 Å². The summed E-state index contributed by atoms with van der Waals surface area (Å²) in [4.78, 5) is 30.4. The molecule has 0 spiro atoms. The van der Waals surface area contributed by atoms with Crippen molar-refractivity contribution in [3.63, 3.8) is 0 Å². The van der Waals surface area contributed by atoms with Crippen molar-refractivity contribution in [2.45, 2.75) is 46.3 Å². The number of ether oxygens (including phenoxy) is 4. The largest absolute Gasteiger partial charge is 0.507 e. The lowest BCUT2D eigenvalue weighted by Crippen LogP contribution is -2.33. The van der Waals surface area contributed by atoms with Crippen molar-refractivity contribution >= 4 is 17.4 Å². The van der Waals surface area contributed by atoms with Crippen molar-refractivity contribution in [1.82, 2.24) is 9.80 Å². The number of carbonyl (C=O) groups excluding carboxylic acids is 2. The third-order valence-corrected chi connectivity index (χ3v) is 6.88. The number of hydrogen-bond donors (Lipinski definition) is 1. The van der Waals surface area contributed by atoms with Crippen LogP contribution in [0.15, 0.2) is 35.9 Å². The van der Waals surface area contributed by atoms with Crippen LogP contribution in [0.3, 0.4) is 0 Å². The molecule has 1 amide bonds. The van der Waals surface area contributed by atoms with Gasteiger partial charge in [-0.2, -0.15) is 0 Å². The first kappa shape index (κ1) is 30.7. The predicted molar refractivity (Wildman–Crippen MR) is 150 cm³/mol. The summed E-state index contributed by atoms with van der Waals surface area (Å²) in [5.74, 6) is -1.78. The van der Waals surface area contributed by atoms with Crippen LogP contribution in [0, 0.1) is 5.82 Å². The third kappa shape index (κ3) is 6.33. The molecule has 0 radical (unpaired) electrons. The van der Waals surface area contributed by atoms with Crippen LogP contribution in [0.1, 0.15) is 51.3 Å². The Labute approximate surface area is 235 Å². The minimum atomic E-state index is -0.972. The fourth-order valence-corrected chi connectivity index (χ4v) is 4.87. The summed E-state index contributed by atoms with van der Waals surface area (Å²) < 4.78 is 36.8. The number of Topliss-reactive ketones (excluding diaryl/α,β-unsaturated/α-hetero) is 1. The number of hydrogen-bond acceptors (Lipinski definition) is 8. The number of methoxy groups -OCH3 is 3. The van der Waals surface area contributed by atoms with Crippen LogP contribution in [-0.4, -0.2) is 80.2 Å². The average Bonchev–Trinajstić information content (AvgIpc) is 3.19. The number of halogens is 1.